The van der Waals surface area contributed by atoms with E-state index in [4.69, 9.17) is 15.0 Å². The van der Waals surface area contributed by atoms with Crippen LogP contribution >= 0.6 is 0 Å². The van der Waals surface area contributed by atoms with Crippen LogP contribution in [0.25, 0.3) is 106 Å². The van der Waals surface area contributed by atoms with Gasteiger partial charge in [0.1, 0.15) is 0 Å². The molecule has 9 aromatic carbocycles. The number of hydrogen-bond donors (Lipinski definition) is 0. The van der Waals surface area contributed by atoms with E-state index in [1.165, 1.54) is 32.9 Å². The molecule has 0 aliphatic heterocycles. The van der Waals surface area contributed by atoms with Crippen molar-refractivity contribution in [2.24, 2.45) is 0 Å². The van der Waals surface area contributed by atoms with E-state index < -0.39 is 0 Å². The molecule has 0 aliphatic carbocycles. The molecule has 0 saturated carbocycles. The Hall–Kier alpha value is -8.21. The summed E-state index contributed by atoms with van der Waals surface area (Å²) in [5.41, 5.74) is 15.5. The molecule has 61 heavy (non-hydrogen) atoms. The molecule has 0 atom stereocenters. The lowest BCUT2D eigenvalue weighted by atomic mass is 9.98. The zero-order chi connectivity index (χ0) is 40.5. The van der Waals surface area contributed by atoms with E-state index in [2.05, 4.69) is 217 Å². The van der Waals surface area contributed by atoms with Crippen molar-refractivity contribution in [2.75, 3.05) is 0 Å². The highest BCUT2D eigenvalue weighted by molar-refractivity contribution is 6.09. The van der Waals surface area contributed by atoms with Crippen LogP contribution in [0.1, 0.15) is 0 Å². The largest absolute Gasteiger partial charge is 0.309 e. The quantitative estimate of drug-likeness (QED) is 0.154. The SMILES string of the molecule is c1ccc(-c2ccc(-c3nc(-c4ccc(-c5ccc(-c6ccccc6-n6c7ccccc7c7ccccc76)cc5)cc4)nc(-c4ccccc4-c4ccccc4)n3)cc2)cc1. The predicted octanol–water partition coefficient (Wildman–Crippen LogP) is 14.6. The third-order valence-electron chi connectivity index (χ3n) is 11.5. The smallest absolute Gasteiger partial charge is 0.164 e. The predicted molar refractivity (Wildman–Crippen MR) is 252 cm³/mol. The zero-order valence-electron chi connectivity index (χ0n) is 33.2. The molecule has 0 saturated heterocycles. The second kappa shape index (κ2) is 15.5. The van der Waals surface area contributed by atoms with Gasteiger partial charge in [0.2, 0.25) is 0 Å². The number of fused-ring (bicyclic) bond motifs is 3. The van der Waals surface area contributed by atoms with Crippen molar-refractivity contribution >= 4 is 21.8 Å². The Morgan fingerprint density at radius 3 is 1.11 bits per heavy atom. The van der Waals surface area contributed by atoms with E-state index >= 15 is 0 Å². The van der Waals surface area contributed by atoms with Crippen molar-refractivity contribution in [1.82, 2.24) is 19.5 Å². The minimum atomic E-state index is 0.624. The molecule has 4 nitrogen and oxygen atoms in total. The highest BCUT2D eigenvalue weighted by atomic mass is 15.0. The Morgan fingerprint density at radius 2 is 0.574 bits per heavy atom. The molecule has 286 valence electrons. The van der Waals surface area contributed by atoms with Crippen molar-refractivity contribution in [2.45, 2.75) is 0 Å². The Morgan fingerprint density at radius 1 is 0.230 bits per heavy atom. The summed E-state index contributed by atoms with van der Waals surface area (Å²) < 4.78 is 2.39. The van der Waals surface area contributed by atoms with Gasteiger partial charge in [0.05, 0.1) is 16.7 Å². The fraction of sp³-hybridized carbons (Fsp3) is 0. The van der Waals surface area contributed by atoms with Gasteiger partial charge in [0, 0.05) is 33.0 Å². The van der Waals surface area contributed by atoms with Gasteiger partial charge in [-0.25, -0.2) is 15.0 Å². The second-order valence-electron chi connectivity index (χ2n) is 15.2. The van der Waals surface area contributed by atoms with E-state index in [0.29, 0.717) is 17.5 Å². The molecule has 0 bridgehead atoms. The number of benzene rings is 9. The van der Waals surface area contributed by atoms with Crippen molar-refractivity contribution < 1.29 is 0 Å². The average molecular weight is 779 g/mol. The first-order valence-corrected chi connectivity index (χ1v) is 20.6. The van der Waals surface area contributed by atoms with Crippen LogP contribution in [0.5, 0.6) is 0 Å². The van der Waals surface area contributed by atoms with Crippen molar-refractivity contribution in [3.63, 3.8) is 0 Å². The summed E-state index contributed by atoms with van der Waals surface area (Å²) in [5, 5.41) is 2.51. The molecule has 4 heteroatoms. The van der Waals surface area contributed by atoms with Gasteiger partial charge >= 0.3 is 0 Å². The molecule has 2 aromatic heterocycles. The Balaban J connectivity index is 0.946. The topological polar surface area (TPSA) is 43.6 Å². The molecule has 0 amide bonds. The standard InChI is InChI=1S/C57H38N4/c1-3-15-39(16-4-1)40-29-35-45(36-30-40)55-58-56(60-57(59-55)51-23-8-7-19-47(51)43-17-5-2-6-18-43)46-37-31-42(32-38-46)41-27-33-44(34-28-41)48-20-9-12-24-52(48)61-53-25-13-10-21-49(53)50-22-11-14-26-54(50)61/h1-38H. The molecule has 0 N–H and O–H groups in total. The molecular formula is C57H38N4. The Bertz CT molecular complexity index is 3260. The van der Waals surface area contributed by atoms with E-state index in [9.17, 15) is 0 Å². The highest BCUT2D eigenvalue weighted by Crippen LogP contribution is 2.37. The van der Waals surface area contributed by atoms with Gasteiger partial charge in [-0.3, -0.25) is 0 Å². The van der Waals surface area contributed by atoms with Crippen LogP contribution in [0.4, 0.5) is 0 Å². The van der Waals surface area contributed by atoms with Crippen LogP contribution < -0.4 is 0 Å². The highest BCUT2D eigenvalue weighted by Gasteiger charge is 2.17. The maximum atomic E-state index is 5.14. The van der Waals surface area contributed by atoms with Crippen LogP contribution in [0.3, 0.4) is 0 Å². The fourth-order valence-electron chi connectivity index (χ4n) is 8.49. The van der Waals surface area contributed by atoms with Gasteiger partial charge in [0.25, 0.3) is 0 Å². The first kappa shape index (κ1) is 35.9. The zero-order valence-corrected chi connectivity index (χ0v) is 33.2. The summed E-state index contributed by atoms with van der Waals surface area (Å²) in [5.74, 6) is 1.88. The maximum Gasteiger partial charge on any atom is 0.164 e. The number of nitrogens with zero attached hydrogens (tertiary/aromatic N) is 4. The van der Waals surface area contributed by atoms with Gasteiger partial charge in [0.15, 0.2) is 17.5 Å². The van der Waals surface area contributed by atoms with Crippen LogP contribution in [0.15, 0.2) is 231 Å². The summed E-state index contributed by atoms with van der Waals surface area (Å²) in [4.78, 5) is 15.4. The molecule has 0 unspecified atom stereocenters. The lowest BCUT2D eigenvalue weighted by Gasteiger charge is -2.14. The summed E-state index contributed by atoms with van der Waals surface area (Å²) in [6.07, 6.45) is 0. The average Bonchev–Trinajstić information content (AvgIpc) is 3.69. The van der Waals surface area contributed by atoms with Gasteiger partial charge in [-0.05, 0) is 57.1 Å². The number of hydrogen-bond acceptors (Lipinski definition) is 3. The van der Waals surface area contributed by atoms with E-state index in [1.54, 1.807) is 0 Å². The van der Waals surface area contributed by atoms with Crippen LogP contribution in [-0.2, 0) is 0 Å². The Labute approximate surface area is 354 Å². The molecule has 0 spiro atoms. The summed E-state index contributed by atoms with van der Waals surface area (Å²) in [7, 11) is 0. The minimum absolute atomic E-state index is 0.624. The van der Waals surface area contributed by atoms with E-state index in [-0.39, 0.29) is 0 Å². The molecular weight excluding hydrogens is 741 g/mol. The monoisotopic (exact) mass is 778 g/mol. The first-order chi connectivity index (χ1) is 30.2. The van der Waals surface area contributed by atoms with Crippen molar-refractivity contribution in [1.29, 1.82) is 0 Å². The number of para-hydroxylation sites is 3. The van der Waals surface area contributed by atoms with Gasteiger partial charge in [-0.15, -0.1) is 0 Å². The van der Waals surface area contributed by atoms with Crippen LogP contribution in [0, 0.1) is 0 Å². The summed E-state index contributed by atoms with van der Waals surface area (Å²) >= 11 is 0. The number of aromatic nitrogens is 4. The third-order valence-corrected chi connectivity index (χ3v) is 11.5. The van der Waals surface area contributed by atoms with Crippen LogP contribution in [0.2, 0.25) is 0 Å². The minimum Gasteiger partial charge on any atom is -0.309 e. The van der Waals surface area contributed by atoms with E-state index in [1.807, 2.05) is 18.2 Å². The Kier molecular flexibility index (Phi) is 9.14. The lowest BCUT2D eigenvalue weighted by Crippen LogP contribution is -2.01. The lowest BCUT2D eigenvalue weighted by molar-refractivity contribution is 1.07. The molecule has 0 aliphatic rings. The van der Waals surface area contributed by atoms with Crippen molar-refractivity contribution in [3.8, 4) is 84.4 Å². The maximum absolute atomic E-state index is 5.14. The molecule has 11 aromatic rings. The molecule has 11 rings (SSSR count). The fourth-order valence-corrected chi connectivity index (χ4v) is 8.49. The summed E-state index contributed by atoms with van der Waals surface area (Å²) in [6, 6.07) is 81.1. The number of rotatable bonds is 8. The van der Waals surface area contributed by atoms with E-state index in [0.717, 1.165) is 55.8 Å². The molecule has 2 heterocycles. The van der Waals surface area contributed by atoms with Gasteiger partial charge in [-0.2, -0.15) is 0 Å². The van der Waals surface area contributed by atoms with Gasteiger partial charge < -0.3 is 4.57 Å². The van der Waals surface area contributed by atoms with Crippen molar-refractivity contribution in [3.05, 3.63) is 231 Å². The molecule has 0 radical (unpaired) electrons. The summed E-state index contributed by atoms with van der Waals surface area (Å²) in [6.45, 7) is 0. The second-order valence-corrected chi connectivity index (χ2v) is 15.2. The van der Waals surface area contributed by atoms with Gasteiger partial charge in [-0.1, -0.05) is 212 Å². The first-order valence-electron chi connectivity index (χ1n) is 20.6. The normalized spacial score (nSPS) is 11.3. The third kappa shape index (κ3) is 6.76. The molecule has 0 fully saturated rings. The van der Waals surface area contributed by atoms with Crippen LogP contribution in [-0.4, -0.2) is 19.5 Å².